The van der Waals surface area contributed by atoms with Crippen molar-refractivity contribution < 1.29 is 4.79 Å². The number of aromatic nitrogens is 2. The Balaban J connectivity index is 3.03. The van der Waals surface area contributed by atoms with Crippen molar-refractivity contribution in [3.63, 3.8) is 0 Å². The third-order valence-electron chi connectivity index (χ3n) is 2.32. The molecule has 0 saturated heterocycles. The average molecular weight is 220 g/mol. The summed E-state index contributed by atoms with van der Waals surface area (Å²) in [6, 6.07) is 0. The Labute approximate surface area is 95.2 Å². The van der Waals surface area contributed by atoms with Gasteiger partial charge in [-0.3, -0.25) is 9.48 Å². The summed E-state index contributed by atoms with van der Waals surface area (Å²) >= 11 is 0. The van der Waals surface area contributed by atoms with Gasteiger partial charge in [0.15, 0.2) is 0 Å². The number of nitrogens with two attached hydrogens (primary N) is 1. The molecule has 0 aliphatic heterocycles. The highest BCUT2D eigenvalue weighted by atomic mass is 16.2. The standard InChI is InChI=1S/C11H16N4O/c1-4-7-14(5-2)11(16)10-9(12)8-13-15(10)6-3/h1,8H,5-7,12H2,2-3H3. The second-order valence-electron chi connectivity index (χ2n) is 3.29. The van der Waals surface area contributed by atoms with Crippen LogP contribution in [0.2, 0.25) is 0 Å². The lowest BCUT2D eigenvalue weighted by Gasteiger charge is -2.18. The van der Waals surface area contributed by atoms with Crippen molar-refractivity contribution in [1.29, 1.82) is 0 Å². The zero-order valence-corrected chi connectivity index (χ0v) is 9.60. The molecular weight excluding hydrogens is 204 g/mol. The van der Waals surface area contributed by atoms with Crippen LogP contribution in [0.5, 0.6) is 0 Å². The van der Waals surface area contributed by atoms with Gasteiger partial charge in [-0.2, -0.15) is 5.10 Å². The SMILES string of the molecule is C#CCN(CC)C(=O)c1c(N)cnn1CC. The number of hydrogen-bond acceptors (Lipinski definition) is 3. The maximum absolute atomic E-state index is 12.1. The second kappa shape index (κ2) is 5.21. The molecule has 0 unspecified atom stereocenters. The van der Waals surface area contributed by atoms with Gasteiger partial charge < -0.3 is 10.6 Å². The molecule has 16 heavy (non-hydrogen) atoms. The van der Waals surface area contributed by atoms with E-state index < -0.39 is 0 Å². The molecule has 1 heterocycles. The Bertz CT molecular complexity index is 416. The number of aryl methyl sites for hydroxylation is 1. The van der Waals surface area contributed by atoms with Crippen LogP contribution in [0.4, 0.5) is 5.69 Å². The topological polar surface area (TPSA) is 64.2 Å². The first kappa shape index (κ1) is 12.1. The summed E-state index contributed by atoms with van der Waals surface area (Å²) in [4.78, 5) is 13.7. The molecule has 0 aromatic carbocycles. The van der Waals surface area contributed by atoms with Crippen LogP contribution in [0.1, 0.15) is 24.3 Å². The maximum Gasteiger partial charge on any atom is 0.275 e. The van der Waals surface area contributed by atoms with Gasteiger partial charge in [0.1, 0.15) is 5.69 Å². The van der Waals surface area contributed by atoms with Crippen LogP contribution >= 0.6 is 0 Å². The molecule has 0 aliphatic rings. The van der Waals surface area contributed by atoms with E-state index in [0.29, 0.717) is 24.5 Å². The zero-order valence-electron chi connectivity index (χ0n) is 9.60. The maximum atomic E-state index is 12.1. The number of nitrogen functional groups attached to an aromatic ring is 1. The minimum Gasteiger partial charge on any atom is -0.396 e. The highest BCUT2D eigenvalue weighted by Crippen LogP contribution is 2.13. The van der Waals surface area contributed by atoms with Crippen molar-refractivity contribution in [3.05, 3.63) is 11.9 Å². The zero-order chi connectivity index (χ0) is 12.1. The first-order valence-electron chi connectivity index (χ1n) is 5.19. The number of rotatable bonds is 4. The fourth-order valence-corrected chi connectivity index (χ4v) is 1.46. The lowest BCUT2D eigenvalue weighted by atomic mass is 10.3. The Morgan fingerprint density at radius 2 is 2.38 bits per heavy atom. The normalized spacial score (nSPS) is 9.81. The average Bonchev–Trinajstić information content (AvgIpc) is 2.66. The van der Waals surface area contributed by atoms with Gasteiger partial charge in [0.2, 0.25) is 0 Å². The number of terminal acetylenes is 1. The summed E-state index contributed by atoms with van der Waals surface area (Å²) in [6.07, 6.45) is 6.69. The van der Waals surface area contributed by atoms with E-state index in [-0.39, 0.29) is 12.5 Å². The van der Waals surface area contributed by atoms with Crippen LogP contribution in [0.3, 0.4) is 0 Å². The largest absolute Gasteiger partial charge is 0.396 e. The van der Waals surface area contributed by atoms with Gasteiger partial charge in [0.05, 0.1) is 18.4 Å². The molecule has 1 amide bonds. The van der Waals surface area contributed by atoms with Gasteiger partial charge in [0.25, 0.3) is 5.91 Å². The van der Waals surface area contributed by atoms with E-state index >= 15 is 0 Å². The van der Waals surface area contributed by atoms with E-state index in [4.69, 9.17) is 12.2 Å². The second-order valence-corrected chi connectivity index (χ2v) is 3.29. The molecule has 1 rings (SSSR count). The third kappa shape index (κ3) is 2.16. The Morgan fingerprint density at radius 3 is 2.88 bits per heavy atom. The summed E-state index contributed by atoms with van der Waals surface area (Å²) in [5.74, 6) is 2.28. The van der Waals surface area contributed by atoms with Crippen molar-refractivity contribution in [2.24, 2.45) is 0 Å². The molecule has 0 atom stereocenters. The van der Waals surface area contributed by atoms with Crippen molar-refractivity contribution >= 4 is 11.6 Å². The fraction of sp³-hybridized carbons (Fsp3) is 0.455. The van der Waals surface area contributed by atoms with E-state index in [0.717, 1.165) is 0 Å². The number of amides is 1. The molecule has 5 nitrogen and oxygen atoms in total. The lowest BCUT2D eigenvalue weighted by molar-refractivity contribution is 0.0773. The van der Waals surface area contributed by atoms with Crippen LogP contribution < -0.4 is 5.73 Å². The van der Waals surface area contributed by atoms with E-state index in [1.54, 1.807) is 9.58 Å². The molecule has 1 aromatic heterocycles. The molecule has 1 aromatic rings. The molecule has 0 spiro atoms. The highest BCUT2D eigenvalue weighted by Gasteiger charge is 2.20. The molecule has 0 aliphatic carbocycles. The molecule has 0 bridgehead atoms. The molecule has 5 heteroatoms. The number of hydrogen-bond donors (Lipinski definition) is 1. The Morgan fingerprint density at radius 1 is 1.69 bits per heavy atom. The van der Waals surface area contributed by atoms with Crippen molar-refractivity contribution in [2.45, 2.75) is 20.4 Å². The van der Waals surface area contributed by atoms with E-state index in [2.05, 4.69) is 11.0 Å². The van der Waals surface area contributed by atoms with Gasteiger partial charge in [-0.1, -0.05) is 5.92 Å². The number of anilines is 1. The highest BCUT2D eigenvalue weighted by molar-refractivity contribution is 5.97. The van der Waals surface area contributed by atoms with Crippen LogP contribution in [0.25, 0.3) is 0 Å². The summed E-state index contributed by atoms with van der Waals surface area (Å²) < 4.78 is 1.58. The Kier molecular flexibility index (Phi) is 3.95. The van der Waals surface area contributed by atoms with Crippen LogP contribution in [-0.4, -0.2) is 33.7 Å². The predicted molar refractivity (Wildman–Crippen MR) is 62.7 cm³/mol. The monoisotopic (exact) mass is 220 g/mol. The predicted octanol–water partition coefficient (Wildman–Crippen LogP) is 0.580. The van der Waals surface area contributed by atoms with E-state index in [9.17, 15) is 4.79 Å². The van der Waals surface area contributed by atoms with Gasteiger partial charge in [-0.25, -0.2) is 0 Å². The van der Waals surface area contributed by atoms with E-state index in [1.807, 2.05) is 13.8 Å². The molecule has 86 valence electrons. The number of carbonyl (C=O) groups is 1. The molecule has 0 saturated carbocycles. The lowest BCUT2D eigenvalue weighted by Crippen LogP contribution is -2.33. The van der Waals surface area contributed by atoms with Crippen molar-refractivity contribution in [1.82, 2.24) is 14.7 Å². The molecule has 0 radical (unpaired) electrons. The van der Waals surface area contributed by atoms with Gasteiger partial charge in [-0.15, -0.1) is 6.42 Å². The van der Waals surface area contributed by atoms with Gasteiger partial charge in [0, 0.05) is 13.1 Å². The first-order valence-corrected chi connectivity index (χ1v) is 5.19. The number of carbonyl (C=O) groups excluding carboxylic acids is 1. The quantitative estimate of drug-likeness (QED) is 0.755. The van der Waals surface area contributed by atoms with Crippen LogP contribution in [0, 0.1) is 12.3 Å². The number of nitrogens with zero attached hydrogens (tertiary/aromatic N) is 3. The van der Waals surface area contributed by atoms with Crippen molar-refractivity contribution in [3.8, 4) is 12.3 Å². The van der Waals surface area contributed by atoms with Gasteiger partial charge in [-0.05, 0) is 13.8 Å². The third-order valence-corrected chi connectivity index (χ3v) is 2.32. The first-order chi connectivity index (χ1) is 7.65. The molecule has 0 fully saturated rings. The van der Waals surface area contributed by atoms with Gasteiger partial charge >= 0.3 is 0 Å². The minimum atomic E-state index is -0.169. The van der Waals surface area contributed by atoms with E-state index in [1.165, 1.54) is 6.20 Å². The van der Waals surface area contributed by atoms with Crippen molar-refractivity contribution in [2.75, 3.05) is 18.8 Å². The summed E-state index contributed by atoms with van der Waals surface area (Å²) in [7, 11) is 0. The fourth-order valence-electron chi connectivity index (χ4n) is 1.46. The molecular formula is C11H16N4O. The summed E-state index contributed by atoms with van der Waals surface area (Å²) in [6.45, 7) is 5.21. The molecule has 2 N–H and O–H groups in total. The smallest absolute Gasteiger partial charge is 0.275 e. The minimum absolute atomic E-state index is 0.169. The summed E-state index contributed by atoms with van der Waals surface area (Å²) in [5.41, 5.74) is 6.53. The van der Waals surface area contributed by atoms with Crippen LogP contribution in [-0.2, 0) is 6.54 Å². The van der Waals surface area contributed by atoms with Crippen LogP contribution in [0.15, 0.2) is 6.20 Å². The Hall–Kier alpha value is -1.96. The summed E-state index contributed by atoms with van der Waals surface area (Å²) in [5, 5.41) is 4.02.